The highest BCUT2D eigenvalue weighted by Gasteiger charge is 2.34. The number of anilines is 1. The van der Waals surface area contributed by atoms with E-state index in [0.717, 1.165) is 62.9 Å². The summed E-state index contributed by atoms with van der Waals surface area (Å²) in [4.78, 5) is 14.0. The van der Waals surface area contributed by atoms with Crippen LogP contribution in [0.25, 0.3) is 0 Å². The van der Waals surface area contributed by atoms with E-state index in [9.17, 15) is 0 Å². The number of benzene rings is 1. The SMILES string of the molecule is Cc1nc(N)cc(C2(C)CCCN(Cc3ccccc3OCCN3CCCC3)C2)n1. The smallest absolute Gasteiger partial charge is 0.127 e. The standard InChI is InChI=1S/C24H35N5O/c1-19-26-22(16-23(25)27-19)24(2)10-7-13-29(18-24)17-20-8-3-4-9-21(20)30-15-14-28-11-5-6-12-28/h3-4,8-9,16H,5-7,10-15,17-18H2,1-2H3,(H2,25,26,27). The number of hydrogen-bond acceptors (Lipinski definition) is 6. The molecule has 1 aromatic carbocycles. The molecule has 1 aromatic heterocycles. The summed E-state index contributed by atoms with van der Waals surface area (Å²) in [5.41, 5.74) is 8.33. The van der Waals surface area contributed by atoms with Crippen LogP contribution in [0.15, 0.2) is 30.3 Å². The summed E-state index contributed by atoms with van der Waals surface area (Å²) < 4.78 is 6.20. The van der Waals surface area contributed by atoms with E-state index in [1.54, 1.807) is 0 Å². The van der Waals surface area contributed by atoms with Crippen molar-refractivity contribution >= 4 is 5.82 Å². The Morgan fingerprint density at radius 3 is 2.63 bits per heavy atom. The van der Waals surface area contributed by atoms with E-state index in [4.69, 9.17) is 15.5 Å². The maximum Gasteiger partial charge on any atom is 0.127 e. The van der Waals surface area contributed by atoms with Gasteiger partial charge in [0.05, 0.1) is 5.69 Å². The monoisotopic (exact) mass is 409 g/mol. The molecule has 0 bridgehead atoms. The number of likely N-dealkylation sites (tertiary alicyclic amines) is 2. The molecule has 1 atom stereocenters. The van der Waals surface area contributed by atoms with Gasteiger partial charge in [-0.3, -0.25) is 9.80 Å². The third-order valence-electron chi connectivity index (χ3n) is 6.48. The number of aryl methyl sites for hydroxylation is 1. The first-order chi connectivity index (χ1) is 14.5. The average molecular weight is 410 g/mol. The number of hydrogen-bond donors (Lipinski definition) is 1. The lowest BCUT2D eigenvalue weighted by Crippen LogP contribution is -2.44. The summed E-state index contributed by atoms with van der Waals surface area (Å²) in [6, 6.07) is 10.4. The van der Waals surface area contributed by atoms with Gasteiger partial charge >= 0.3 is 0 Å². The first kappa shape index (κ1) is 21.1. The number of rotatable bonds is 7. The zero-order valence-corrected chi connectivity index (χ0v) is 18.4. The zero-order chi connectivity index (χ0) is 21.0. The maximum atomic E-state index is 6.20. The number of piperidine rings is 1. The van der Waals surface area contributed by atoms with Gasteiger partial charge in [0, 0.05) is 36.7 Å². The Morgan fingerprint density at radius 1 is 1.07 bits per heavy atom. The van der Waals surface area contributed by atoms with Crippen molar-refractivity contribution in [1.29, 1.82) is 0 Å². The molecule has 2 saturated heterocycles. The fourth-order valence-electron chi connectivity index (χ4n) is 4.90. The molecular formula is C24H35N5O. The van der Waals surface area contributed by atoms with Crippen LogP contribution in [-0.4, -0.2) is 59.1 Å². The highest BCUT2D eigenvalue weighted by Crippen LogP contribution is 2.34. The lowest BCUT2D eigenvalue weighted by molar-refractivity contribution is 0.145. The molecule has 4 rings (SSSR count). The van der Waals surface area contributed by atoms with Crippen molar-refractivity contribution < 1.29 is 4.74 Å². The van der Waals surface area contributed by atoms with Gasteiger partial charge in [0.1, 0.15) is 24.0 Å². The molecule has 3 heterocycles. The minimum atomic E-state index is -0.00831. The molecule has 1 unspecified atom stereocenters. The fraction of sp³-hybridized carbons (Fsp3) is 0.583. The van der Waals surface area contributed by atoms with Crippen LogP contribution in [0.5, 0.6) is 5.75 Å². The topological polar surface area (TPSA) is 67.5 Å². The molecule has 0 radical (unpaired) electrons. The van der Waals surface area contributed by atoms with E-state index in [1.807, 2.05) is 13.0 Å². The van der Waals surface area contributed by atoms with E-state index in [-0.39, 0.29) is 5.41 Å². The third kappa shape index (κ3) is 5.10. The van der Waals surface area contributed by atoms with Gasteiger partial charge < -0.3 is 10.5 Å². The van der Waals surface area contributed by atoms with Crippen molar-refractivity contribution in [3.05, 3.63) is 47.4 Å². The van der Waals surface area contributed by atoms with Crippen LogP contribution >= 0.6 is 0 Å². The molecule has 2 aliphatic heterocycles. The van der Waals surface area contributed by atoms with Crippen LogP contribution in [0.2, 0.25) is 0 Å². The van der Waals surface area contributed by atoms with Crippen molar-refractivity contribution in [1.82, 2.24) is 19.8 Å². The summed E-state index contributed by atoms with van der Waals surface area (Å²) in [5.74, 6) is 2.33. The predicted molar refractivity (Wildman–Crippen MR) is 121 cm³/mol. The molecule has 2 fully saturated rings. The summed E-state index contributed by atoms with van der Waals surface area (Å²) in [6.45, 7) is 11.4. The zero-order valence-electron chi connectivity index (χ0n) is 18.4. The maximum absolute atomic E-state index is 6.20. The van der Waals surface area contributed by atoms with Crippen LogP contribution in [-0.2, 0) is 12.0 Å². The molecule has 162 valence electrons. The summed E-state index contributed by atoms with van der Waals surface area (Å²) in [6.07, 6.45) is 4.91. The quantitative estimate of drug-likeness (QED) is 0.756. The molecule has 2 aliphatic rings. The van der Waals surface area contributed by atoms with Gasteiger partial charge in [-0.1, -0.05) is 25.1 Å². The lowest BCUT2D eigenvalue weighted by atomic mass is 9.78. The normalized spacial score (nSPS) is 23.0. The Kier molecular flexibility index (Phi) is 6.54. The van der Waals surface area contributed by atoms with Crippen LogP contribution in [0.3, 0.4) is 0 Å². The molecule has 2 N–H and O–H groups in total. The number of nitrogens with zero attached hydrogens (tertiary/aromatic N) is 4. The Morgan fingerprint density at radius 2 is 1.83 bits per heavy atom. The Balaban J connectivity index is 1.41. The number of nitrogen functional groups attached to an aromatic ring is 1. The average Bonchev–Trinajstić information content (AvgIpc) is 3.22. The molecule has 30 heavy (non-hydrogen) atoms. The number of aromatic nitrogens is 2. The van der Waals surface area contributed by atoms with Gasteiger partial charge in [-0.15, -0.1) is 0 Å². The summed E-state index contributed by atoms with van der Waals surface area (Å²) in [5, 5.41) is 0. The minimum absolute atomic E-state index is 0.00831. The van der Waals surface area contributed by atoms with Gasteiger partial charge in [0.25, 0.3) is 0 Å². The first-order valence-electron chi connectivity index (χ1n) is 11.3. The van der Waals surface area contributed by atoms with Crippen molar-refractivity contribution in [2.75, 3.05) is 45.1 Å². The molecule has 2 aromatic rings. The minimum Gasteiger partial charge on any atom is -0.492 e. The van der Waals surface area contributed by atoms with E-state index < -0.39 is 0 Å². The van der Waals surface area contributed by atoms with Crippen molar-refractivity contribution in [3.63, 3.8) is 0 Å². The van der Waals surface area contributed by atoms with E-state index in [2.05, 4.69) is 46.0 Å². The van der Waals surface area contributed by atoms with Gasteiger partial charge in [-0.05, 0) is 58.3 Å². The van der Waals surface area contributed by atoms with Crippen LogP contribution in [0.4, 0.5) is 5.82 Å². The number of para-hydroxylation sites is 1. The molecule has 0 saturated carbocycles. The van der Waals surface area contributed by atoms with E-state index in [0.29, 0.717) is 5.82 Å². The van der Waals surface area contributed by atoms with Gasteiger partial charge in [-0.2, -0.15) is 0 Å². The Hall–Kier alpha value is -2.18. The highest BCUT2D eigenvalue weighted by molar-refractivity contribution is 5.35. The molecule has 6 nitrogen and oxygen atoms in total. The van der Waals surface area contributed by atoms with Gasteiger partial charge in [0.15, 0.2) is 0 Å². The lowest BCUT2D eigenvalue weighted by Gasteiger charge is -2.40. The van der Waals surface area contributed by atoms with Gasteiger partial charge in [0.2, 0.25) is 0 Å². The van der Waals surface area contributed by atoms with Crippen LogP contribution < -0.4 is 10.5 Å². The molecule has 0 amide bonds. The molecule has 0 spiro atoms. The summed E-state index contributed by atoms with van der Waals surface area (Å²) >= 11 is 0. The predicted octanol–water partition coefficient (Wildman–Crippen LogP) is 3.40. The number of ether oxygens (including phenoxy) is 1. The van der Waals surface area contributed by atoms with Crippen molar-refractivity contribution in [2.24, 2.45) is 0 Å². The second-order valence-electron chi connectivity index (χ2n) is 9.11. The van der Waals surface area contributed by atoms with Crippen molar-refractivity contribution in [2.45, 2.75) is 51.5 Å². The first-order valence-corrected chi connectivity index (χ1v) is 11.3. The van der Waals surface area contributed by atoms with E-state index in [1.165, 1.54) is 31.5 Å². The van der Waals surface area contributed by atoms with E-state index >= 15 is 0 Å². The molecule has 0 aliphatic carbocycles. The highest BCUT2D eigenvalue weighted by atomic mass is 16.5. The number of nitrogens with two attached hydrogens (primary N) is 1. The molecule has 6 heteroatoms. The third-order valence-corrected chi connectivity index (χ3v) is 6.48. The van der Waals surface area contributed by atoms with Gasteiger partial charge in [-0.25, -0.2) is 9.97 Å². The summed E-state index contributed by atoms with van der Waals surface area (Å²) in [7, 11) is 0. The van der Waals surface area contributed by atoms with Crippen LogP contribution in [0.1, 0.15) is 49.7 Å². The Labute approximate surface area is 180 Å². The fourth-order valence-corrected chi connectivity index (χ4v) is 4.90. The van der Waals surface area contributed by atoms with Crippen molar-refractivity contribution in [3.8, 4) is 5.75 Å². The Bertz CT molecular complexity index is 831. The second kappa shape index (κ2) is 9.31. The molecular weight excluding hydrogens is 374 g/mol. The van der Waals surface area contributed by atoms with Crippen LogP contribution in [0, 0.1) is 6.92 Å². The second-order valence-corrected chi connectivity index (χ2v) is 9.11. The largest absolute Gasteiger partial charge is 0.492 e.